The standard InChI is InChI=1S/C12H14BrN3O3S/c1-4-20(17,18)9-5-8(13)6-14-11(9)12-15-7-10(19-3)16(12)2/h5-7H,4H2,1-3H3. The van der Waals surface area contributed by atoms with Crippen molar-refractivity contribution in [3.05, 3.63) is 22.9 Å². The molecule has 0 fully saturated rings. The van der Waals surface area contributed by atoms with Gasteiger partial charge in [0.15, 0.2) is 15.7 Å². The van der Waals surface area contributed by atoms with E-state index in [-0.39, 0.29) is 10.6 Å². The summed E-state index contributed by atoms with van der Waals surface area (Å²) >= 11 is 3.25. The molecule has 0 spiro atoms. The van der Waals surface area contributed by atoms with E-state index in [2.05, 4.69) is 25.9 Å². The zero-order valence-corrected chi connectivity index (χ0v) is 13.7. The van der Waals surface area contributed by atoms with Gasteiger partial charge in [0.05, 0.1) is 24.0 Å². The lowest BCUT2D eigenvalue weighted by Crippen LogP contribution is -2.09. The van der Waals surface area contributed by atoms with Crippen LogP contribution in [0.5, 0.6) is 5.88 Å². The number of sulfone groups is 1. The van der Waals surface area contributed by atoms with Crippen LogP contribution in [0.2, 0.25) is 0 Å². The number of hydrogen-bond acceptors (Lipinski definition) is 5. The second kappa shape index (κ2) is 5.53. The fourth-order valence-corrected chi connectivity index (χ4v) is 3.32. The molecular formula is C12H14BrN3O3S. The Bertz CT molecular complexity index is 740. The molecule has 2 heterocycles. The normalized spacial score (nSPS) is 11.6. The molecule has 0 unspecified atom stereocenters. The SMILES string of the molecule is CCS(=O)(=O)c1cc(Br)cnc1-c1ncc(OC)n1C. The van der Waals surface area contributed by atoms with Crippen molar-refractivity contribution < 1.29 is 13.2 Å². The number of rotatable bonds is 4. The van der Waals surface area contributed by atoms with E-state index in [1.165, 1.54) is 13.3 Å². The number of pyridine rings is 1. The van der Waals surface area contributed by atoms with E-state index in [4.69, 9.17) is 4.74 Å². The maximum absolute atomic E-state index is 12.2. The van der Waals surface area contributed by atoms with Crippen LogP contribution in [0.4, 0.5) is 0 Å². The molecule has 0 radical (unpaired) electrons. The molecule has 108 valence electrons. The number of methoxy groups -OCH3 is 1. The summed E-state index contributed by atoms with van der Waals surface area (Å²) in [5.74, 6) is 0.977. The first-order chi connectivity index (χ1) is 9.40. The largest absolute Gasteiger partial charge is 0.481 e. The molecule has 0 amide bonds. The average Bonchev–Trinajstić information content (AvgIpc) is 2.80. The van der Waals surface area contributed by atoms with E-state index in [1.54, 1.807) is 30.8 Å². The van der Waals surface area contributed by atoms with Gasteiger partial charge in [-0.3, -0.25) is 9.55 Å². The second-order valence-corrected chi connectivity index (χ2v) is 7.25. The topological polar surface area (TPSA) is 74.1 Å². The third kappa shape index (κ3) is 2.57. The molecular weight excluding hydrogens is 346 g/mol. The molecule has 6 nitrogen and oxygen atoms in total. The minimum atomic E-state index is -3.40. The Balaban J connectivity index is 2.71. The van der Waals surface area contributed by atoms with Gasteiger partial charge in [-0.25, -0.2) is 13.4 Å². The molecule has 0 N–H and O–H groups in total. The summed E-state index contributed by atoms with van der Waals surface area (Å²) in [7, 11) is -0.130. The Morgan fingerprint density at radius 2 is 2.05 bits per heavy atom. The molecule has 0 atom stereocenters. The van der Waals surface area contributed by atoms with Crippen LogP contribution in [-0.2, 0) is 16.9 Å². The monoisotopic (exact) mass is 359 g/mol. The Morgan fingerprint density at radius 1 is 1.35 bits per heavy atom. The number of hydrogen-bond donors (Lipinski definition) is 0. The van der Waals surface area contributed by atoms with Gasteiger partial charge in [0, 0.05) is 17.7 Å². The van der Waals surface area contributed by atoms with Crippen molar-refractivity contribution in [2.24, 2.45) is 7.05 Å². The van der Waals surface area contributed by atoms with Crippen LogP contribution in [-0.4, -0.2) is 35.8 Å². The summed E-state index contributed by atoms with van der Waals surface area (Å²) in [4.78, 5) is 8.55. The highest BCUT2D eigenvalue weighted by atomic mass is 79.9. The van der Waals surface area contributed by atoms with Gasteiger partial charge in [-0.05, 0) is 22.0 Å². The molecule has 0 saturated carbocycles. The minimum Gasteiger partial charge on any atom is -0.481 e. The fourth-order valence-electron chi connectivity index (χ4n) is 1.78. The van der Waals surface area contributed by atoms with Crippen LogP contribution in [0.1, 0.15) is 6.92 Å². The van der Waals surface area contributed by atoms with Crippen molar-refractivity contribution in [3.63, 3.8) is 0 Å². The van der Waals surface area contributed by atoms with Crippen LogP contribution in [0.25, 0.3) is 11.5 Å². The maximum atomic E-state index is 12.2. The van der Waals surface area contributed by atoms with Gasteiger partial charge in [-0.1, -0.05) is 6.92 Å². The van der Waals surface area contributed by atoms with Crippen molar-refractivity contribution >= 4 is 25.8 Å². The minimum absolute atomic E-state index is 0.000306. The second-order valence-electron chi connectivity index (χ2n) is 4.09. The molecule has 20 heavy (non-hydrogen) atoms. The van der Waals surface area contributed by atoms with Gasteiger partial charge in [0.1, 0.15) is 5.69 Å². The molecule has 0 aromatic carbocycles. The van der Waals surface area contributed by atoms with Crippen molar-refractivity contribution in [3.8, 4) is 17.4 Å². The summed E-state index contributed by atoms with van der Waals surface area (Å²) < 4.78 is 31.8. The van der Waals surface area contributed by atoms with Gasteiger partial charge < -0.3 is 4.74 Å². The van der Waals surface area contributed by atoms with Crippen LogP contribution >= 0.6 is 15.9 Å². The Labute approximate surface area is 125 Å². The Hall–Kier alpha value is -1.41. The van der Waals surface area contributed by atoms with E-state index < -0.39 is 9.84 Å². The lowest BCUT2D eigenvalue weighted by molar-refractivity contribution is 0.383. The smallest absolute Gasteiger partial charge is 0.213 e. The van der Waals surface area contributed by atoms with Crippen molar-refractivity contribution in [1.82, 2.24) is 14.5 Å². The first-order valence-electron chi connectivity index (χ1n) is 5.85. The third-order valence-electron chi connectivity index (χ3n) is 2.90. The molecule has 2 aromatic heterocycles. The predicted molar refractivity (Wildman–Crippen MR) is 78.4 cm³/mol. The van der Waals surface area contributed by atoms with Gasteiger partial charge >= 0.3 is 0 Å². The van der Waals surface area contributed by atoms with Gasteiger partial charge in [0.2, 0.25) is 5.88 Å². The third-order valence-corrected chi connectivity index (χ3v) is 5.08. The number of imidazole rings is 1. The number of ether oxygens (including phenoxy) is 1. The molecule has 0 aliphatic rings. The van der Waals surface area contributed by atoms with E-state index in [0.717, 1.165) is 0 Å². The molecule has 0 bridgehead atoms. The summed E-state index contributed by atoms with van der Waals surface area (Å²) in [6, 6.07) is 1.54. The zero-order chi connectivity index (χ0) is 14.9. The lowest BCUT2D eigenvalue weighted by atomic mass is 10.3. The van der Waals surface area contributed by atoms with Crippen molar-refractivity contribution in [1.29, 1.82) is 0 Å². The molecule has 2 rings (SSSR count). The maximum Gasteiger partial charge on any atom is 0.213 e. The summed E-state index contributed by atoms with van der Waals surface area (Å²) in [5.41, 5.74) is 0.320. The Morgan fingerprint density at radius 3 is 2.60 bits per heavy atom. The van der Waals surface area contributed by atoms with Crippen molar-refractivity contribution in [2.45, 2.75) is 11.8 Å². The van der Waals surface area contributed by atoms with Gasteiger partial charge in [0.25, 0.3) is 0 Å². The molecule has 0 aliphatic carbocycles. The quantitative estimate of drug-likeness (QED) is 0.834. The molecule has 0 aliphatic heterocycles. The lowest BCUT2D eigenvalue weighted by Gasteiger charge is -2.09. The van der Waals surface area contributed by atoms with E-state index >= 15 is 0 Å². The predicted octanol–water partition coefficient (Wildman–Crippen LogP) is 2.05. The highest BCUT2D eigenvalue weighted by Gasteiger charge is 2.23. The van der Waals surface area contributed by atoms with Crippen LogP contribution in [0, 0.1) is 0 Å². The highest BCUT2D eigenvalue weighted by molar-refractivity contribution is 9.10. The number of halogens is 1. The van der Waals surface area contributed by atoms with Crippen LogP contribution < -0.4 is 4.74 Å². The number of aromatic nitrogens is 3. The zero-order valence-electron chi connectivity index (χ0n) is 11.3. The van der Waals surface area contributed by atoms with Crippen LogP contribution in [0.3, 0.4) is 0 Å². The van der Waals surface area contributed by atoms with Crippen LogP contribution in [0.15, 0.2) is 27.8 Å². The molecule has 2 aromatic rings. The molecule has 0 saturated heterocycles. The van der Waals surface area contributed by atoms with Crippen molar-refractivity contribution in [2.75, 3.05) is 12.9 Å². The summed E-state index contributed by atoms with van der Waals surface area (Å²) in [6.07, 6.45) is 3.08. The van der Waals surface area contributed by atoms with E-state index in [1.807, 2.05) is 0 Å². The van der Waals surface area contributed by atoms with E-state index in [9.17, 15) is 8.42 Å². The highest BCUT2D eigenvalue weighted by Crippen LogP contribution is 2.29. The first kappa shape index (κ1) is 15.0. The average molecular weight is 360 g/mol. The van der Waals surface area contributed by atoms with Gasteiger partial charge in [-0.15, -0.1) is 0 Å². The summed E-state index contributed by atoms with van der Waals surface area (Å²) in [5, 5.41) is 0. The number of nitrogens with zero attached hydrogens (tertiary/aromatic N) is 3. The van der Waals surface area contributed by atoms with E-state index in [0.29, 0.717) is 21.9 Å². The fraction of sp³-hybridized carbons (Fsp3) is 0.333. The van der Waals surface area contributed by atoms with Gasteiger partial charge in [-0.2, -0.15) is 0 Å². The first-order valence-corrected chi connectivity index (χ1v) is 8.29. The molecule has 8 heteroatoms. The summed E-state index contributed by atoms with van der Waals surface area (Å²) in [6.45, 7) is 1.60. The Kier molecular flexibility index (Phi) is 4.14.